The van der Waals surface area contributed by atoms with Crippen LogP contribution in [-0.4, -0.2) is 22.9 Å². The fraction of sp³-hybridized carbons (Fsp3) is 0.769. The lowest BCUT2D eigenvalue weighted by Crippen LogP contribution is -2.29. The number of nitrogens with one attached hydrogen (secondary N) is 1. The van der Waals surface area contributed by atoms with Gasteiger partial charge in [-0.3, -0.25) is 4.68 Å². The number of rotatable bonds is 3. The van der Waals surface area contributed by atoms with Crippen LogP contribution in [0.5, 0.6) is 0 Å². The normalized spacial score (nSPS) is 16.4. The Morgan fingerprint density at radius 3 is 2.41 bits per heavy atom. The maximum atomic E-state index is 5.59. The average molecular weight is 238 g/mol. The van der Waals surface area contributed by atoms with E-state index < -0.39 is 0 Å². The molecule has 1 aromatic heterocycles. The molecule has 0 amide bonds. The molecule has 2 heterocycles. The van der Waals surface area contributed by atoms with E-state index in [0.29, 0.717) is 6.04 Å². The maximum absolute atomic E-state index is 5.59. The van der Waals surface area contributed by atoms with Crippen LogP contribution in [0, 0.1) is 0 Å². The molecule has 0 atom stereocenters. The Balaban J connectivity index is 0.000000249. The molecular weight excluding hydrogens is 212 g/mol. The number of piperidine rings is 1. The van der Waals surface area contributed by atoms with Crippen LogP contribution < -0.4 is 11.1 Å². The summed E-state index contributed by atoms with van der Waals surface area (Å²) in [4.78, 5) is 0. The molecule has 98 valence electrons. The van der Waals surface area contributed by atoms with E-state index in [1.54, 1.807) is 6.20 Å². The maximum Gasteiger partial charge on any atom is 0.0719 e. The third kappa shape index (κ3) is 5.22. The zero-order chi connectivity index (χ0) is 12.5. The molecule has 1 aromatic rings. The summed E-state index contributed by atoms with van der Waals surface area (Å²) in [6.07, 6.45) is 10.0. The van der Waals surface area contributed by atoms with Crippen LogP contribution >= 0.6 is 0 Å². The summed E-state index contributed by atoms with van der Waals surface area (Å²) in [7, 11) is 0. The van der Waals surface area contributed by atoms with Crippen molar-refractivity contribution >= 4 is 5.69 Å². The third-order valence-corrected chi connectivity index (χ3v) is 3.01. The standard InChI is InChI=1S/C8H14N4.C5H12/c9-7-5-11-12(6-7)8-1-3-10-4-2-8;1-3-5-4-2/h5-6,8,10H,1-4,9H2;3-5H2,1-2H3. The number of nitrogens with two attached hydrogens (primary N) is 1. The van der Waals surface area contributed by atoms with Gasteiger partial charge in [-0.1, -0.05) is 33.1 Å². The van der Waals surface area contributed by atoms with Crippen LogP contribution in [-0.2, 0) is 0 Å². The first-order chi connectivity index (χ1) is 8.27. The van der Waals surface area contributed by atoms with Gasteiger partial charge in [-0.15, -0.1) is 0 Å². The van der Waals surface area contributed by atoms with Crippen molar-refractivity contribution in [1.82, 2.24) is 15.1 Å². The second kappa shape index (κ2) is 8.12. The molecule has 0 bridgehead atoms. The van der Waals surface area contributed by atoms with Crippen molar-refractivity contribution in [2.24, 2.45) is 0 Å². The second-order valence-electron chi connectivity index (χ2n) is 4.59. The van der Waals surface area contributed by atoms with E-state index in [1.807, 2.05) is 10.9 Å². The van der Waals surface area contributed by atoms with Crippen molar-refractivity contribution in [3.8, 4) is 0 Å². The quantitative estimate of drug-likeness (QED) is 0.851. The molecule has 1 saturated heterocycles. The number of unbranched alkanes of at least 4 members (excludes halogenated alkanes) is 2. The Morgan fingerprint density at radius 2 is 2.00 bits per heavy atom. The van der Waals surface area contributed by atoms with E-state index in [9.17, 15) is 0 Å². The van der Waals surface area contributed by atoms with Crippen LogP contribution in [0.1, 0.15) is 52.0 Å². The fourth-order valence-electron chi connectivity index (χ4n) is 1.98. The SMILES string of the molecule is CCCCC.Nc1cnn(C2CCNCC2)c1. The van der Waals surface area contributed by atoms with Crippen molar-refractivity contribution in [3.05, 3.63) is 12.4 Å². The average Bonchev–Trinajstić information content (AvgIpc) is 2.79. The van der Waals surface area contributed by atoms with Gasteiger partial charge in [0.2, 0.25) is 0 Å². The van der Waals surface area contributed by atoms with Crippen LogP contribution in [0.2, 0.25) is 0 Å². The van der Waals surface area contributed by atoms with Crippen LogP contribution in [0.4, 0.5) is 5.69 Å². The lowest BCUT2D eigenvalue weighted by molar-refractivity contribution is 0.343. The minimum Gasteiger partial charge on any atom is -0.396 e. The molecule has 1 fully saturated rings. The Morgan fingerprint density at radius 1 is 1.35 bits per heavy atom. The predicted octanol–water partition coefficient (Wildman–Crippen LogP) is 2.59. The van der Waals surface area contributed by atoms with Gasteiger partial charge in [-0.25, -0.2) is 0 Å². The third-order valence-electron chi connectivity index (χ3n) is 3.01. The van der Waals surface area contributed by atoms with Crippen molar-refractivity contribution in [3.63, 3.8) is 0 Å². The highest BCUT2D eigenvalue weighted by Crippen LogP contribution is 2.17. The predicted molar refractivity (Wildman–Crippen MR) is 73.0 cm³/mol. The first kappa shape index (κ1) is 14.0. The molecule has 4 nitrogen and oxygen atoms in total. The molecule has 3 N–H and O–H groups in total. The summed E-state index contributed by atoms with van der Waals surface area (Å²) in [6.45, 7) is 6.60. The number of hydrogen-bond acceptors (Lipinski definition) is 3. The Hall–Kier alpha value is -1.03. The van der Waals surface area contributed by atoms with Crippen molar-refractivity contribution in [1.29, 1.82) is 0 Å². The smallest absolute Gasteiger partial charge is 0.0719 e. The minimum absolute atomic E-state index is 0.545. The number of hydrogen-bond donors (Lipinski definition) is 2. The van der Waals surface area contributed by atoms with E-state index in [2.05, 4.69) is 24.3 Å². The molecule has 1 aliphatic heterocycles. The molecule has 0 unspecified atom stereocenters. The zero-order valence-corrected chi connectivity index (χ0v) is 11.2. The minimum atomic E-state index is 0.545. The van der Waals surface area contributed by atoms with Gasteiger partial charge < -0.3 is 11.1 Å². The zero-order valence-electron chi connectivity index (χ0n) is 11.2. The van der Waals surface area contributed by atoms with Crippen LogP contribution in [0.15, 0.2) is 12.4 Å². The Bertz CT molecular complexity index is 287. The molecule has 0 spiro atoms. The van der Waals surface area contributed by atoms with E-state index >= 15 is 0 Å². The summed E-state index contributed by atoms with van der Waals surface area (Å²) < 4.78 is 1.98. The van der Waals surface area contributed by atoms with Crippen LogP contribution in [0.25, 0.3) is 0 Å². The Kier molecular flexibility index (Phi) is 6.70. The van der Waals surface area contributed by atoms with Gasteiger partial charge in [0.15, 0.2) is 0 Å². The number of nitrogen functional groups attached to an aromatic ring is 1. The van der Waals surface area contributed by atoms with Crippen molar-refractivity contribution in [2.75, 3.05) is 18.8 Å². The van der Waals surface area contributed by atoms with E-state index in [4.69, 9.17) is 5.73 Å². The van der Waals surface area contributed by atoms with E-state index in [0.717, 1.165) is 31.6 Å². The van der Waals surface area contributed by atoms with E-state index in [-0.39, 0.29) is 0 Å². The number of anilines is 1. The topological polar surface area (TPSA) is 55.9 Å². The van der Waals surface area contributed by atoms with Crippen molar-refractivity contribution < 1.29 is 0 Å². The molecule has 0 aliphatic carbocycles. The van der Waals surface area contributed by atoms with Gasteiger partial charge in [0.1, 0.15) is 0 Å². The van der Waals surface area contributed by atoms with Gasteiger partial charge >= 0.3 is 0 Å². The van der Waals surface area contributed by atoms with Gasteiger partial charge in [-0.05, 0) is 25.9 Å². The largest absolute Gasteiger partial charge is 0.396 e. The summed E-state index contributed by atoms with van der Waals surface area (Å²) in [5, 5.41) is 7.52. The lowest BCUT2D eigenvalue weighted by Gasteiger charge is -2.22. The molecule has 2 rings (SSSR count). The molecule has 0 aromatic carbocycles. The van der Waals surface area contributed by atoms with Crippen LogP contribution in [0.3, 0.4) is 0 Å². The molecular formula is C13H26N4. The summed E-state index contributed by atoms with van der Waals surface area (Å²) in [5.74, 6) is 0. The van der Waals surface area contributed by atoms with Gasteiger partial charge in [-0.2, -0.15) is 5.10 Å². The molecule has 4 heteroatoms. The second-order valence-corrected chi connectivity index (χ2v) is 4.59. The highest BCUT2D eigenvalue weighted by molar-refractivity contribution is 5.30. The molecule has 17 heavy (non-hydrogen) atoms. The lowest BCUT2D eigenvalue weighted by atomic mass is 10.1. The number of nitrogens with zero attached hydrogens (tertiary/aromatic N) is 2. The first-order valence-electron chi connectivity index (χ1n) is 6.78. The van der Waals surface area contributed by atoms with Gasteiger partial charge in [0, 0.05) is 6.20 Å². The van der Waals surface area contributed by atoms with E-state index in [1.165, 1.54) is 19.3 Å². The summed E-state index contributed by atoms with van der Waals surface area (Å²) in [6, 6.07) is 0.545. The number of aromatic nitrogens is 2. The fourth-order valence-corrected chi connectivity index (χ4v) is 1.98. The highest BCUT2D eigenvalue weighted by Gasteiger charge is 2.14. The summed E-state index contributed by atoms with van der Waals surface area (Å²) in [5.41, 5.74) is 6.34. The van der Waals surface area contributed by atoms with Gasteiger partial charge in [0.25, 0.3) is 0 Å². The Labute approximate surface area is 105 Å². The highest BCUT2D eigenvalue weighted by atomic mass is 15.3. The monoisotopic (exact) mass is 238 g/mol. The molecule has 0 radical (unpaired) electrons. The first-order valence-corrected chi connectivity index (χ1v) is 6.78. The summed E-state index contributed by atoms with van der Waals surface area (Å²) >= 11 is 0. The molecule has 0 saturated carbocycles. The molecule has 1 aliphatic rings. The van der Waals surface area contributed by atoms with Gasteiger partial charge in [0.05, 0.1) is 17.9 Å². The van der Waals surface area contributed by atoms with Crippen molar-refractivity contribution in [2.45, 2.75) is 52.0 Å².